The lowest BCUT2D eigenvalue weighted by Gasteiger charge is -2.08. The van der Waals surface area contributed by atoms with Crippen LogP contribution < -0.4 is 0 Å². The van der Waals surface area contributed by atoms with Crippen molar-refractivity contribution in [2.45, 2.75) is 12.5 Å². The van der Waals surface area contributed by atoms with Crippen LogP contribution in [0.2, 0.25) is 0 Å². The second-order valence-corrected chi connectivity index (χ2v) is 2.64. The first kappa shape index (κ1) is 9.58. The van der Waals surface area contributed by atoms with E-state index in [1.807, 2.05) is 30.3 Å². The first-order valence-corrected chi connectivity index (χ1v) is 4.08. The van der Waals surface area contributed by atoms with Gasteiger partial charge >= 0.3 is 0 Å². The highest BCUT2D eigenvalue weighted by Gasteiger charge is 2.06. The van der Waals surface area contributed by atoms with Crippen LogP contribution in [0.15, 0.2) is 35.4 Å². The summed E-state index contributed by atoms with van der Waals surface area (Å²) in [5.41, 5.74) is 9.24. The molecule has 1 aromatic carbocycles. The van der Waals surface area contributed by atoms with Crippen molar-refractivity contribution in [1.82, 2.24) is 0 Å². The smallest absolute Gasteiger partial charge is 0.0647 e. The third-order valence-electron chi connectivity index (χ3n) is 1.78. The summed E-state index contributed by atoms with van der Waals surface area (Å²) >= 11 is 0. The number of hydrogen-bond acceptors (Lipinski definition) is 2. The van der Waals surface area contributed by atoms with E-state index in [0.717, 1.165) is 5.56 Å². The Morgan fingerprint density at radius 3 is 2.62 bits per heavy atom. The second kappa shape index (κ2) is 5.19. The van der Waals surface area contributed by atoms with Gasteiger partial charge in [0.25, 0.3) is 0 Å². The molecule has 0 spiro atoms. The highest BCUT2D eigenvalue weighted by molar-refractivity contribution is 5.18. The van der Waals surface area contributed by atoms with Crippen LogP contribution in [0.4, 0.5) is 0 Å². The highest BCUT2D eigenvalue weighted by atomic mass is 16.3. The molecule has 0 saturated carbocycles. The van der Waals surface area contributed by atoms with Crippen molar-refractivity contribution in [2.75, 3.05) is 6.61 Å². The third kappa shape index (κ3) is 2.78. The summed E-state index contributed by atoms with van der Waals surface area (Å²) in [7, 11) is 0. The molecule has 0 bridgehead atoms. The van der Waals surface area contributed by atoms with Gasteiger partial charge in [-0.1, -0.05) is 35.4 Å². The van der Waals surface area contributed by atoms with Crippen LogP contribution in [0.25, 0.3) is 10.4 Å². The Morgan fingerprint density at radius 2 is 2.08 bits per heavy atom. The van der Waals surface area contributed by atoms with Crippen LogP contribution in [-0.2, 0) is 0 Å². The van der Waals surface area contributed by atoms with Crippen molar-refractivity contribution in [3.05, 3.63) is 46.3 Å². The van der Waals surface area contributed by atoms with Crippen LogP contribution in [0, 0.1) is 0 Å². The van der Waals surface area contributed by atoms with Gasteiger partial charge in [-0.15, -0.1) is 0 Å². The summed E-state index contributed by atoms with van der Waals surface area (Å²) in [6.45, 7) is 0.0264. The largest absolute Gasteiger partial charge is 0.396 e. The van der Waals surface area contributed by atoms with Gasteiger partial charge in [0.2, 0.25) is 0 Å². The maximum atomic E-state index is 8.74. The molecular weight excluding hydrogens is 166 g/mol. The minimum absolute atomic E-state index is 0.0264. The maximum Gasteiger partial charge on any atom is 0.0647 e. The molecule has 13 heavy (non-hydrogen) atoms. The summed E-state index contributed by atoms with van der Waals surface area (Å²) in [6, 6.07) is 9.18. The van der Waals surface area contributed by atoms with Gasteiger partial charge in [0.15, 0.2) is 0 Å². The Kier molecular flexibility index (Phi) is 3.82. The van der Waals surface area contributed by atoms with E-state index in [2.05, 4.69) is 10.0 Å². The van der Waals surface area contributed by atoms with E-state index in [4.69, 9.17) is 10.6 Å². The fraction of sp³-hybridized carbons (Fsp3) is 0.333. The maximum absolute atomic E-state index is 8.74. The van der Waals surface area contributed by atoms with Crippen molar-refractivity contribution in [2.24, 2.45) is 5.11 Å². The topological polar surface area (TPSA) is 69.0 Å². The molecule has 4 heteroatoms. The number of aliphatic hydroxyl groups excluding tert-OH is 1. The molecular formula is C9H11N3O. The van der Waals surface area contributed by atoms with E-state index in [1.165, 1.54) is 0 Å². The van der Waals surface area contributed by atoms with Crippen LogP contribution in [-0.4, -0.2) is 11.7 Å². The fourth-order valence-electron chi connectivity index (χ4n) is 1.15. The molecule has 4 nitrogen and oxygen atoms in total. The number of benzene rings is 1. The third-order valence-corrected chi connectivity index (χ3v) is 1.78. The van der Waals surface area contributed by atoms with Gasteiger partial charge in [0.05, 0.1) is 6.04 Å². The number of nitrogens with zero attached hydrogens (tertiary/aromatic N) is 3. The minimum Gasteiger partial charge on any atom is -0.396 e. The lowest BCUT2D eigenvalue weighted by molar-refractivity contribution is 0.276. The summed E-state index contributed by atoms with van der Waals surface area (Å²) in [5, 5.41) is 12.3. The van der Waals surface area contributed by atoms with E-state index in [-0.39, 0.29) is 12.6 Å². The Labute approximate surface area is 76.5 Å². The molecule has 0 aliphatic heterocycles. The van der Waals surface area contributed by atoms with E-state index in [9.17, 15) is 0 Å². The lowest BCUT2D eigenvalue weighted by Crippen LogP contribution is -1.97. The summed E-state index contributed by atoms with van der Waals surface area (Å²) in [6.07, 6.45) is 0.466. The predicted octanol–water partition coefficient (Wildman–Crippen LogP) is 2.42. The van der Waals surface area contributed by atoms with E-state index >= 15 is 0 Å². The number of aliphatic hydroxyl groups is 1. The molecule has 1 rings (SSSR count). The number of azide groups is 1. The number of rotatable bonds is 4. The molecule has 0 unspecified atom stereocenters. The average Bonchev–Trinajstić information content (AvgIpc) is 2.19. The van der Waals surface area contributed by atoms with Crippen molar-refractivity contribution in [3.63, 3.8) is 0 Å². The molecule has 1 aromatic rings. The van der Waals surface area contributed by atoms with Gasteiger partial charge in [0.1, 0.15) is 0 Å². The van der Waals surface area contributed by atoms with Gasteiger partial charge < -0.3 is 5.11 Å². The van der Waals surface area contributed by atoms with Crippen molar-refractivity contribution in [1.29, 1.82) is 0 Å². The Hall–Kier alpha value is -1.51. The molecule has 68 valence electrons. The second-order valence-electron chi connectivity index (χ2n) is 2.64. The van der Waals surface area contributed by atoms with Gasteiger partial charge in [-0.3, -0.25) is 0 Å². The van der Waals surface area contributed by atoms with Crippen LogP contribution in [0.5, 0.6) is 0 Å². The minimum atomic E-state index is -0.254. The summed E-state index contributed by atoms with van der Waals surface area (Å²) < 4.78 is 0. The SMILES string of the molecule is [N-]=[N+]=N[C@H](CCO)c1ccccc1. The molecule has 0 aliphatic carbocycles. The van der Waals surface area contributed by atoms with Crippen LogP contribution >= 0.6 is 0 Å². The van der Waals surface area contributed by atoms with Crippen LogP contribution in [0.3, 0.4) is 0 Å². The zero-order valence-corrected chi connectivity index (χ0v) is 7.17. The average molecular weight is 177 g/mol. The quantitative estimate of drug-likeness (QED) is 0.428. The Morgan fingerprint density at radius 1 is 1.38 bits per heavy atom. The van der Waals surface area contributed by atoms with Crippen molar-refractivity contribution in [3.8, 4) is 0 Å². The van der Waals surface area contributed by atoms with E-state index < -0.39 is 0 Å². The first-order valence-electron chi connectivity index (χ1n) is 4.08. The molecule has 1 atom stereocenters. The highest BCUT2D eigenvalue weighted by Crippen LogP contribution is 2.20. The standard InChI is InChI=1S/C9H11N3O/c10-12-11-9(6-7-13)8-4-2-1-3-5-8/h1-5,9,13H,6-7H2/t9-/m1/s1. The zero-order chi connectivity index (χ0) is 9.52. The van der Waals surface area contributed by atoms with E-state index in [0.29, 0.717) is 6.42 Å². The Bertz CT molecular complexity index is 293. The lowest BCUT2D eigenvalue weighted by atomic mass is 10.1. The molecule has 0 fully saturated rings. The number of hydrogen-bond donors (Lipinski definition) is 1. The molecule has 1 N–H and O–H groups in total. The summed E-state index contributed by atoms with van der Waals surface area (Å²) in [5.74, 6) is 0. The molecule has 0 aromatic heterocycles. The first-order chi connectivity index (χ1) is 6.38. The predicted molar refractivity (Wildman–Crippen MR) is 50.0 cm³/mol. The van der Waals surface area contributed by atoms with Gasteiger partial charge in [0, 0.05) is 11.5 Å². The van der Waals surface area contributed by atoms with Gasteiger partial charge in [-0.2, -0.15) is 0 Å². The summed E-state index contributed by atoms with van der Waals surface area (Å²) in [4.78, 5) is 2.74. The van der Waals surface area contributed by atoms with Gasteiger partial charge in [-0.25, -0.2) is 0 Å². The van der Waals surface area contributed by atoms with Crippen molar-refractivity contribution >= 4 is 0 Å². The van der Waals surface area contributed by atoms with Crippen molar-refractivity contribution < 1.29 is 5.11 Å². The van der Waals surface area contributed by atoms with Crippen LogP contribution in [0.1, 0.15) is 18.0 Å². The van der Waals surface area contributed by atoms with E-state index in [1.54, 1.807) is 0 Å². The molecule has 0 radical (unpaired) electrons. The zero-order valence-electron chi connectivity index (χ0n) is 7.17. The monoisotopic (exact) mass is 177 g/mol. The fourth-order valence-corrected chi connectivity index (χ4v) is 1.15. The molecule has 0 heterocycles. The Balaban J connectivity index is 2.81. The molecule has 0 aliphatic rings. The molecule has 0 saturated heterocycles. The molecule has 0 amide bonds. The normalized spacial score (nSPS) is 11.8. The van der Waals surface area contributed by atoms with Gasteiger partial charge in [-0.05, 0) is 17.5 Å².